The van der Waals surface area contributed by atoms with Crippen LogP contribution in [-0.4, -0.2) is 54.7 Å². The number of thioether (sulfide) groups is 1. The number of nitrogens with two attached hydrogens (primary N) is 1. The Labute approximate surface area is 168 Å². The number of hydrogen-bond donors (Lipinski definition) is 2. The molecule has 1 aromatic rings. The summed E-state index contributed by atoms with van der Waals surface area (Å²) in [5, 5.41) is 1.93. The number of imide groups is 1. The predicted molar refractivity (Wildman–Crippen MR) is 110 cm³/mol. The second-order valence-electron chi connectivity index (χ2n) is 6.17. The highest BCUT2D eigenvalue weighted by Gasteiger charge is 2.26. The van der Waals surface area contributed by atoms with Gasteiger partial charge in [0.05, 0.1) is 4.91 Å². The topological polar surface area (TPSA) is 95.7 Å². The van der Waals surface area contributed by atoms with E-state index in [4.69, 9.17) is 5.73 Å². The first kappa shape index (κ1) is 21.3. The van der Waals surface area contributed by atoms with Crippen molar-refractivity contribution in [1.29, 1.82) is 0 Å². The summed E-state index contributed by atoms with van der Waals surface area (Å²) in [6.45, 7) is 3.32. The third kappa shape index (κ3) is 5.24. The van der Waals surface area contributed by atoms with Crippen molar-refractivity contribution in [3.63, 3.8) is 0 Å². The van der Waals surface area contributed by atoms with Crippen molar-refractivity contribution in [2.45, 2.75) is 12.8 Å². The van der Waals surface area contributed by atoms with E-state index in [9.17, 15) is 14.4 Å². The average Bonchev–Trinajstić information content (AvgIpc) is 2.97. The van der Waals surface area contributed by atoms with E-state index in [0.717, 1.165) is 36.1 Å². The Morgan fingerprint density at radius 2 is 1.89 bits per heavy atom. The summed E-state index contributed by atoms with van der Waals surface area (Å²) in [5.74, 6) is -0.201. The van der Waals surface area contributed by atoms with Crippen molar-refractivity contribution in [3.05, 3.63) is 34.7 Å². The Kier molecular flexibility index (Phi) is 7.70. The number of rotatable bonds is 5. The second-order valence-corrected chi connectivity index (χ2v) is 7.19. The van der Waals surface area contributed by atoms with Gasteiger partial charge in [0.2, 0.25) is 5.91 Å². The van der Waals surface area contributed by atoms with Gasteiger partial charge in [-0.3, -0.25) is 19.7 Å². The molecule has 2 fully saturated rings. The van der Waals surface area contributed by atoms with Gasteiger partial charge in [-0.05, 0) is 42.4 Å². The van der Waals surface area contributed by atoms with Gasteiger partial charge in [0.1, 0.15) is 0 Å². The Morgan fingerprint density at radius 1 is 1.19 bits per heavy atom. The molecule has 0 aromatic heterocycles. The van der Waals surface area contributed by atoms with Gasteiger partial charge in [-0.1, -0.05) is 18.2 Å². The van der Waals surface area contributed by atoms with Gasteiger partial charge in [0.25, 0.3) is 11.1 Å². The SMILES string of the molecule is Cl.NCCCC(=O)N1CCN(c2ccccc2C=C2SC(=O)NC2=O)CC1. The van der Waals surface area contributed by atoms with Gasteiger partial charge in [0, 0.05) is 38.3 Å². The van der Waals surface area contributed by atoms with Gasteiger partial charge in [-0.15, -0.1) is 12.4 Å². The number of halogens is 1. The van der Waals surface area contributed by atoms with Crippen molar-refractivity contribution in [2.24, 2.45) is 5.73 Å². The maximum absolute atomic E-state index is 12.1. The maximum atomic E-state index is 12.1. The van der Waals surface area contributed by atoms with Gasteiger partial charge < -0.3 is 15.5 Å². The summed E-state index contributed by atoms with van der Waals surface area (Å²) in [7, 11) is 0. The molecule has 2 saturated heterocycles. The minimum absolute atomic E-state index is 0. The molecule has 0 radical (unpaired) electrons. The van der Waals surface area contributed by atoms with Crippen LogP contribution in [0.15, 0.2) is 29.2 Å². The van der Waals surface area contributed by atoms with Crippen LogP contribution in [-0.2, 0) is 9.59 Å². The van der Waals surface area contributed by atoms with Crippen molar-refractivity contribution in [3.8, 4) is 0 Å². The molecule has 0 atom stereocenters. The quantitative estimate of drug-likeness (QED) is 0.719. The van der Waals surface area contributed by atoms with Crippen molar-refractivity contribution < 1.29 is 14.4 Å². The monoisotopic (exact) mass is 410 g/mol. The lowest BCUT2D eigenvalue weighted by molar-refractivity contribution is -0.131. The molecule has 9 heteroatoms. The van der Waals surface area contributed by atoms with Crippen molar-refractivity contribution >= 4 is 53.0 Å². The molecule has 146 valence electrons. The predicted octanol–water partition coefficient (Wildman–Crippen LogP) is 1.82. The van der Waals surface area contributed by atoms with Crippen LogP contribution >= 0.6 is 24.2 Å². The number of para-hydroxylation sites is 1. The Morgan fingerprint density at radius 3 is 2.52 bits per heavy atom. The van der Waals surface area contributed by atoms with Crippen molar-refractivity contribution in [2.75, 3.05) is 37.6 Å². The number of nitrogens with one attached hydrogen (secondary N) is 1. The molecule has 0 unspecified atom stereocenters. The van der Waals surface area contributed by atoms with E-state index in [0.29, 0.717) is 37.4 Å². The Balaban J connectivity index is 0.00000261. The van der Waals surface area contributed by atoms with Crippen LogP contribution in [0.1, 0.15) is 18.4 Å². The minimum Gasteiger partial charge on any atom is -0.367 e. The van der Waals surface area contributed by atoms with Crippen molar-refractivity contribution in [1.82, 2.24) is 10.2 Å². The first-order chi connectivity index (χ1) is 12.6. The highest BCUT2D eigenvalue weighted by Crippen LogP contribution is 2.30. The number of nitrogens with zero attached hydrogens (tertiary/aromatic N) is 2. The summed E-state index contributed by atoms with van der Waals surface area (Å²) in [5.41, 5.74) is 7.36. The molecular weight excluding hydrogens is 388 g/mol. The second kappa shape index (κ2) is 9.77. The zero-order valence-corrected chi connectivity index (χ0v) is 16.5. The van der Waals surface area contributed by atoms with Gasteiger partial charge >= 0.3 is 0 Å². The smallest absolute Gasteiger partial charge is 0.290 e. The molecule has 3 amide bonds. The van der Waals surface area contributed by atoms with Gasteiger partial charge in [-0.2, -0.15) is 0 Å². The third-order valence-electron chi connectivity index (χ3n) is 4.43. The normalized spacial score (nSPS) is 18.5. The van der Waals surface area contributed by atoms with Crippen LogP contribution in [0, 0.1) is 0 Å². The molecule has 2 aliphatic rings. The lowest BCUT2D eigenvalue weighted by atomic mass is 10.1. The summed E-state index contributed by atoms with van der Waals surface area (Å²) in [4.78, 5) is 39.8. The lowest BCUT2D eigenvalue weighted by Gasteiger charge is -2.37. The largest absolute Gasteiger partial charge is 0.367 e. The fourth-order valence-corrected chi connectivity index (χ4v) is 3.74. The molecule has 3 N–H and O–H groups in total. The maximum Gasteiger partial charge on any atom is 0.290 e. The zero-order valence-electron chi connectivity index (χ0n) is 14.8. The number of carbonyl (C=O) groups is 3. The number of piperazine rings is 1. The first-order valence-electron chi connectivity index (χ1n) is 8.65. The number of anilines is 1. The molecule has 1 aromatic carbocycles. The summed E-state index contributed by atoms with van der Waals surface area (Å²) in [6.07, 6.45) is 2.96. The summed E-state index contributed by atoms with van der Waals surface area (Å²) < 4.78 is 0. The lowest BCUT2D eigenvalue weighted by Crippen LogP contribution is -2.49. The van der Waals surface area contributed by atoms with Crippen LogP contribution in [0.3, 0.4) is 0 Å². The van der Waals surface area contributed by atoms with E-state index in [1.807, 2.05) is 29.2 Å². The highest BCUT2D eigenvalue weighted by molar-refractivity contribution is 8.18. The molecule has 27 heavy (non-hydrogen) atoms. The Bertz CT molecular complexity index is 748. The number of amides is 3. The van der Waals surface area contributed by atoms with Crippen LogP contribution in [0.4, 0.5) is 10.5 Å². The molecule has 2 heterocycles. The fourth-order valence-electron chi connectivity index (χ4n) is 3.07. The number of hydrogen-bond acceptors (Lipinski definition) is 6. The van der Waals surface area contributed by atoms with Gasteiger partial charge in [-0.25, -0.2) is 0 Å². The minimum atomic E-state index is -0.356. The van der Waals surface area contributed by atoms with E-state index in [1.165, 1.54) is 0 Å². The molecule has 0 saturated carbocycles. The molecule has 2 aliphatic heterocycles. The van der Waals surface area contributed by atoms with E-state index < -0.39 is 0 Å². The average molecular weight is 411 g/mol. The first-order valence-corrected chi connectivity index (χ1v) is 9.47. The highest BCUT2D eigenvalue weighted by atomic mass is 35.5. The molecule has 3 rings (SSSR count). The summed E-state index contributed by atoms with van der Waals surface area (Å²) >= 11 is 0.916. The van der Waals surface area contributed by atoms with E-state index in [-0.39, 0.29) is 29.5 Å². The van der Waals surface area contributed by atoms with E-state index in [1.54, 1.807) is 6.08 Å². The van der Waals surface area contributed by atoms with Crippen LogP contribution in [0.5, 0.6) is 0 Å². The van der Waals surface area contributed by atoms with Crippen LogP contribution in [0.25, 0.3) is 6.08 Å². The number of carbonyl (C=O) groups excluding carboxylic acids is 3. The fraction of sp³-hybridized carbons (Fsp3) is 0.389. The molecule has 0 spiro atoms. The van der Waals surface area contributed by atoms with Crippen LogP contribution < -0.4 is 16.0 Å². The molecule has 0 bridgehead atoms. The molecular formula is C18H23ClN4O3S. The summed E-state index contributed by atoms with van der Waals surface area (Å²) in [6, 6.07) is 7.78. The third-order valence-corrected chi connectivity index (χ3v) is 5.24. The number of benzene rings is 1. The molecule has 0 aliphatic carbocycles. The zero-order chi connectivity index (χ0) is 18.5. The molecule has 7 nitrogen and oxygen atoms in total. The van der Waals surface area contributed by atoms with E-state index in [2.05, 4.69) is 10.2 Å². The van der Waals surface area contributed by atoms with E-state index >= 15 is 0 Å². The Hall–Kier alpha value is -2.03. The van der Waals surface area contributed by atoms with Crippen LogP contribution in [0.2, 0.25) is 0 Å². The van der Waals surface area contributed by atoms with Gasteiger partial charge in [0.15, 0.2) is 0 Å². The standard InChI is InChI=1S/C18H22N4O3S.ClH/c19-7-3-6-16(23)22-10-8-21(9-11-22)14-5-2-1-4-13(14)12-15-17(24)20-18(25)26-15;/h1-2,4-5,12H,3,6-11,19H2,(H,20,24,25);1H.